The van der Waals surface area contributed by atoms with E-state index in [9.17, 15) is 14.4 Å². The van der Waals surface area contributed by atoms with Gasteiger partial charge in [0.05, 0.1) is 6.10 Å². The smallest absolute Gasteiger partial charge is 0.322 e. The molecule has 2 aromatic rings. The van der Waals surface area contributed by atoms with Crippen LogP contribution in [0.5, 0.6) is 0 Å². The van der Waals surface area contributed by atoms with Crippen molar-refractivity contribution in [3.8, 4) is 0 Å². The highest BCUT2D eigenvalue weighted by atomic mass is 35.5. The lowest BCUT2D eigenvalue weighted by Crippen LogP contribution is -2.45. The number of ether oxygens (including phenoxy) is 1. The van der Waals surface area contributed by atoms with Gasteiger partial charge in [0, 0.05) is 55.1 Å². The minimum atomic E-state index is -0.695. The number of benzene rings is 2. The first-order valence-corrected chi connectivity index (χ1v) is 11.0. The average Bonchev–Trinajstić information content (AvgIpc) is 3.51. The van der Waals surface area contributed by atoms with Crippen LogP contribution in [0.25, 0.3) is 0 Å². The Labute approximate surface area is 197 Å². The summed E-state index contributed by atoms with van der Waals surface area (Å²) in [6.45, 7) is 1.51. The number of rotatable bonds is 5. The topological polar surface area (TPSA) is 91.0 Å². The van der Waals surface area contributed by atoms with E-state index in [1.165, 1.54) is 4.90 Å². The normalized spacial score (nSPS) is 19.6. The summed E-state index contributed by atoms with van der Waals surface area (Å²) in [5.74, 6) is -0.370. The van der Waals surface area contributed by atoms with Gasteiger partial charge in [0.15, 0.2) is 0 Å². The molecule has 9 heteroatoms. The van der Waals surface area contributed by atoms with Crippen molar-refractivity contribution in [3.05, 3.63) is 71.3 Å². The number of carbonyl (C=O) groups excluding carboxylic acids is 3. The molecule has 8 nitrogen and oxygen atoms in total. The van der Waals surface area contributed by atoms with Crippen molar-refractivity contribution >= 4 is 40.8 Å². The second kappa shape index (κ2) is 10.1. The van der Waals surface area contributed by atoms with Crippen molar-refractivity contribution in [3.63, 3.8) is 0 Å². The van der Waals surface area contributed by atoms with Crippen LogP contribution in [0.15, 0.2) is 60.7 Å². The van der Waals surface area contributed by atoms with Crippen LogP contribution in [-0.2, 0) is 9.53 Å². The van der Waals surface area contributed by atoms with Gasteiger partial charge in [-0.25, -0.2) is 4.79 Å². The van der Waals surface area contributed by atoms with Crippen LogP contribution in [0.4, 0.5) is 16.2 Å². The number of anilines is 2. The zero-order valence-corrected chi connectivity index (χ0v) is 18.9. The van der Waals surface area contributed by atoms with E-state index in [2.05, 4.69) is 10.6 Å². The molecular formula is C24H25ClN4O4. The summed E-state index contributed by atoms with van der Waals surface area (Å²) in [4.78, 5) is 41.6. The molecule has 0 bridgehead atoms. The lowest BCUT2D eigenvalue weighted by molar-refractivity contribution is -0.119. The maximum absolute atomic E-state index is 13.0. The Kier molecular flexibility index (Phi) is 6.96. The third-order valence-corrected chi connectivity index (χ3v) is 6.01. The van der Waals surface area contributed by atoms with Gasteiger partial charge in [-0.3, -0.25) is 9.59 Å². The number of hydrogen-bond acceptors (Lipinski definition) is 4. The molecule has 0 spiro atoms. The SMILES string of the molecule is COC1CC(C(=O)Nc2ccc(C(=O)N3CC=CC3)cc2)N(C(=O)Nc2ccc(Cl)cc2)C1. The van der Waals surface area contributed by atoms with Crippen molar-refractivity contribution in [2.75, 3.05) is 37.4 Å². The maximum Gasteiger partial charge on any atom is 0.322 e. The number of urea groups is 1. The second-order valence-electron chi connectivity index (χ2n) is 7.95. The molecule has 1 fully saturated rings. The minimum Gasteiger partial charge on any atom is -0.380 e. The van der Waals surface area contributed by atoms with E-state index in [0.29, 0.717) is 48.0 Å². The molecule has 2 aliphatic rings. The van der Waals surface area contributed by atoms with Gasteiger partial charge in [-0.05, 0) is 48.5 Å². The molecule has 2 aliphatic heterocycles. The molecule has 0 radical (unpaired) electrons. The minimum absolute atomic E-state index is 0.0540. The predicted octanol–water partition coefficient (Wildman–Crippen LogP) is 3.61. The van der Waals surface area contributed by atoms with Crippen molar-refractivity contribution in [2.45, 2.75) is 18.6 Å². The Bertz CT molecular complexity index is 1050. The molecule has 172 valence electrons. The number of halogens is 1. The third-order valence-electron chi connectivity index (χ3n) is 5.76. The molecule has 33 heavy (non-hydrogen) atoms. The first-order valence-electron chi connectivity index (χ1n) is 10.7. The highest BCUT2D eigenvalue weighted by Gasteiger charge is 2.40. The molecule has 2 atom stereocenters. The van der Waals surface area contributed by atoms with E-state index in [-0.39, 0.29) is 17.9 Å². The molecule has 2 heterocycles. The molecule has 2 N–H and O–H groups in total. The molecule has 2 aromatic carbocycles. The fraction of sp³-hybridized carbons (Fsp3) is 0.292. The summed E-state index contributed by atoms with van der Waals surface area (Å²) in [6.07, 6.45) is 4.05. The highest BCUT2D eigenvalue weighted by molar-refractivity contribution is 6.30. The highest BCUT2D eigenvalue weighted by Crippen LogP contribution is 2.24. The predicted molar refractivity (Wildman–Crippen MR) is 126 cm³/mol. The Morgan fingerprint density at radius 2 is 1.55 bits per heavy atom. The number of nitrogens with one attached hydrogen (secondary N) is 2. The molecule has 0 aliphatic carbocycles. The number of nitrogens with zero attached hydrogens (tertiary/aromatic N) is 2. The third kappa shape index (κ3) is 5.35. The van der Waals surface area contributed by atoms with Crippen LogP contribution >= 0.6 is 11.6 Å². The van der Waals surface area contributed by atoms with Crippen LogP contribution in [0.3, 0.4) is 0 Å². The Morgan fingerprint density at radius 3 is 2.18 bits per heavy atom. The van der Waals surface area contributed by atoms with Gasteiger partial charge in [0.1, 0.15) is 6.04 Å². The Morgan fingerprint density at radius 1 is 0.939 bits per heavy atom. The van der Waals surface area contributed by atoms with Gasteiger partial charge in [-0.15, -0.1) is 0 Å². The summed E-state index contributed by atoms with van der Waals surface area (Å²) in [7, 11) is 1.56. The quantitative estimate of drug-likeness (QED) is 0.656. The van der Waals surface area contributed by atoms with E-state index in [4.69, 9.17) is 16.3 Å². The summed E-state index contributed by atoms with van der Waals surface area (Å²) < 4.78 is 5.41. The van der Waals surface area contributed by atoms with Crippen LogP contribution in [0, 0.1) is 0 Å². The number of carbonyl (C=O) groups is 3. The van der Waals surface area contributed by atoms with Crippen LogP contribution in [-0.4, -0.2) is 66.5 Å². The van der Waals surface area contributed by atoms with E-state index in [1.807, 2.05) is 12.2 Å². The second-order valence-corrected chi connectivity index (χ2v) is 8.38. The monoisotopic (exact) mass is 468 g/mol. The fourth-order valence-electron chi connectivity index (χ4n) is 3.92. The first kappa shape index (κ1) is 22.8. The molecular weight excluding hydrogens is 444 g/mol. The number of methoxy groups -OCH3 is 1. The maximum atomic E-state index is 13.0. The van der Waals surface area contributed by atoms with Crippen LogP contribution < -0.4 is 10.6 Å². The van der Waals surface area contributed by atoms with Crippen molar-refractivity contribution < 1.29 is 19.1 Å². The zero-order chi connectivity index (χ0) is 23.4. The summed E-state index contributed by atoms with van der Waals surface area (Å²) >= 11 is 5.90. The number of likely N-dealkylation sites (tertiary alicyclic amines) is 1. The average molecular weight is 469 g/mol. The van der Waals surface area contributed by atoms with Crippen molar-refractivity contribution in [2.24, 2.45) is 0 Å². The first-order chi connectivity index (χ1) is 15.9. The van der Waals surface area contributed by atoms with Gasteiger partial charge in [-0.1, -0.05) is 23.8 Å². The summed E-state index contributed by atoms with van der Waals surface area (Å²) in [6, 6.07) is 12.4. The lowest BCUT2D eigenvalue weighted by Gasteiger charge is -2.24. The van der Waals surface area contributed by atoms with Gasteiger partial charge < -0.3 is 25.2 Å². The molecule has 4 amide bonds. The van der Waals surface area contributed by atoms with E-state index >= 15 is 0 Å². The molecule has 0 aromatic heterocycles. The summed E-state index contributed by atoms with van der Waals surface area (Å²) in [5.41, 5.74) is 1.69. The summed E-state index contributed by atoms with van der Waals surface area (Å²) in [5, 5.41) is 6.21. The van der Waals surface area contributed by atoms with E-state index < -0.39 is 12.1 Å². The van der Waals surface area contributed by atoms with Crippen LogP contribution in [0.1, 0.15) is 16.8 Å². The molecule has 2 unspecified atom stereocenters. The van der Waals surface area contributed by atoms with E-state index in [0.717, 1.165) is 0 Å². The number of hydrogen-bond donors (Lipinski definition) is 2. The Balaban J connectivity index is 1.41. The van der Waals surface area contributed by atoms with Gasteiger partial charge in [-0.2, -0.15) is 0 Å². The largest absolute Gasteiger partial charge is 0.380 e. The standard InChI is InChI=1S/C24H25ClN4O4/c1-33-20-14-21(29(15-20)24(32)27-19-10-6-17(25)7-11-19)22(30)26-18-8-4-16(5-9-18)23(31)28-12-2-3-13-28/h2-11,20-21H,12-15H2,1H3,(H,26,30)(H,27,32). The molecule has 4 rings (SSSR count). The van der Waals surface area contributed by atoms with Gasteiger partial charge in [0.25, 0.3) is 5.91 Å². The molecule has 1 saturated heterocycles. The fourth-order valence-corrected chi connectivity index (χ4v) is 4.04. The van der Waals surface area contributed by atoms with Crippen LogP contribution in [0.2, 0.25) is 5.02 Å². The van der Waals surface area contributed by atoms with Gasteiger partial charge in [0.2, 0.25) is 5.91 Å². The van der Waals surface area contributed by atoms with Crippen molar-refractivity contribution in [1.29, 1.82) is 0 Å². The zero-order valence-electron chi connectivity index (χ0n) is 18.2. The molecule has 0 saturated carbocycles. The Hall–Kier alpha value is -3.36. The van der Waals surface area contributed by atoms with E-state index in [1.54, 1.807) is 60.5 Å². The van der Waals surface area contributed by atoms with Gasteiger partial charge >= 0.3 is 6.03 Å². The number of amides is 4. The lowest BCUT2D eigenvalue weighted by atomic mass is 10.1. The van der Waals surface area contributed by atoms with Crippen molar-refractivity contribution in [1.82, 2.24) is 9.80 Å².